The number of unbranched alkanes of at least 4 members (excludes halogenated alkanes) is 1. The molecule has 9 heteroatoms. The number of hydrogen-bond acceptors (Lipinski definition) is 5. The van der Waals surface area contributed by atoms with Crippen LogP contribution in [0.3, 0.4) is 0 Å². The van der Waals surface area contributed by atoms with E-state index in [9.17, 15) is 18.0 Å². The second-order valence-corrected chi connectivity index (χ2v) is 10.6. The molecule has 0 radical (unpaired) electrons. The largest absolute Gasteiger partial charge is 0.573 e. The van der Waals surface area contributed by atoms with Crippen molar-refractivity contribution in [1.82, 2.24) is 4.98 Å². The number of aromatic nitrogens is 1. The maximum Gasteiger partial charge on any atom is 0.573 e. The van der Waals surface area contributed by atoms with Gasteiger partial charge in [0, 0.05) is 22.7 Å². The van der Waals surface area contributed by atoms with Crippen molar-refractivity contribution in [3.8, 4) is 34.1 Å². The molecule has 234 valence electrons. The number of rotatable bonds is 13. The van der Waals surface area contributed by atoms with E-state index in [1.165, 1.54) is 24.3 Å². The van der Waals surface area contributed by atoms with Gasteiger partial charge in [0.05, 0.1) is 5.52 Å². The van der Waals surface area contributed by atoms with Crippen LogP contribution in [0.15, 0.2) is 95.8 Å². The van der Waals surface area contributed by atoms with Gasteiger partial charge in [-0.1, -0.05) is 55.8 Å². The van der Waals surface area contributed by atoms with Gasteiger partial charge in [0.25, 0.3) is 0 Å². The van der Waals surface area contributed by atoms with E-state index in [4.69, 9.17) is 14.2 Å². The smallest absolute Gasteiger partial charge is 0.490 e. The molecule has 0 saturated heterocycles. The maximum atomic E-state index is 13.8. The Hall–Kier alpha value is -4.92. The Kier molecular flexibility index (Phi) is 9.97. The van der Waals surface area contributed by atoms with Gasteiger partial charge in [-0.3, -0.25) is 4.79 Å². The lowest BCUT2D eigenvalue weighted by atomic mass is 9.98. The first-order valence-electron chi connectivity index (χ1n) is 14.8. The fourth-order valence-electron chi connectivity index (χ4n) is 5.03. The van der Waals surface area contributed by atoms with Gasteiger partial charge in [0.2, 0.25) is 0 Å². The van der Waals surface area contributed by atoms with Gasteiger partial charge in [0.1, 0.15) is 42.8 Å². The molecule has 0 bridgehead atoms. The molecule has 0 aliphatic heterocycles. The first-order chi connectivity index (χ1) is 21.7. The first kappa shape index (κ1) is 31.5. The van der Waals surface area contributed by atoms with Crippen LogP contribution < -0.4 is 24.4 Å². The fourth-order valence-corrected chi connectivity index (χ4v) is 5.03. The van der Waals surface area contributed by atoms with E-state index in [0.29, 0.717) is 35.4 Å². The monoisotopic (exact) mass is 617 g/mol. The molecule has 1 N–H and O–H groups in total. The van der Waals surface area contributed by atoms with Crippen molar-refractivity contribution < 1.29 is 32.1 Å². The third-order valence-corrected chi connectivity index (χ3v) is 7.23. The molecular weight excluding hydrogens is 583 g/mol. The molecule has 0 saturated carbocycles. The quantitative estimate of drug-likeness (QED) is 0.134. The van der Waals surface area contributed by atoms with Crippen molar-refractivity contribution in [2.24, 2.45) is 0 Å². The highest BCUT2D eigenvalue weighted by Crippen LogP contribution is 2.29. The third kappa shape index (κ3) is 8.38. The maximum absolute atomic E-state index is 13.8. The van der Waals surface area contributed by atoms with Crippen LogP contribution >= 0.6 is 0 Å². The molecule has 0 aliphatic carbocycles. The van der Waals surface area contributed by atoms with Crippen LogP contribution in [-0.4, -0.2) is 24.6 Å². The number of aryl methyl sites for hydroxylation is 2. The van der Waals surface area contributed by atoms with Crippen molar-refractivity contribution in [2.45, 2.75) is 46.1 Å². The van der Waals surface area contributed by atoms with Gasteiger partial charge in [0.15, 0.2) is 5.43 Å². The van der Waals surface area contributed by atoms with Crippen LogP contribution in [0.5, 0.6) is 23.0 Å². The van der Waals surface area contributed by atoms with Crippen LogP contribution in [0.1, 0.15) is 36.6 Å². The minimum Gasteiger partial charge on any atom is -0.490 e. The Morgan fingerprint density at radius 2 is 1.44 bits per heavy atom. The van der Waals surface area contributed by atoms with E-state index in [-0.39, 0.29) is 17.8 Å². The average molecular weight is 618 g/mol. The van der Waals surface area contributed by atoms with Gasteiger partial charge in [-0.25, -0.2) is 0 Å². The van der Waals surface area contributed by atoms with Crippen molar-refractivity contribution in [3.05, 3.63) is 118 Å². The van der Waals surface area contributed by atoms with Gasteiger partial charge >= 0.3 is 6.36 Å². The number of para-hydroxylation sites is 1. The Morgan fingerprint density at radius 1 is 0.778 bits per heavy atom. The summed E-state index contributed by atoms with van der Waals surface area (Å²) in [4.78, 5) is 17.2. The number of benzene rings is 4. The Balaban J connectivity index is 1.31. The number of ether oxygens (including phenoxy) is 4. The van der Waals surface area contributed by atoms with Gasteiger partial charge in [-0.2, -0.15) is 0 Å². The predicted octanol–water partition coefficient (Wildman–Crippen LogP) is 8.78. The summed E-state index contributed by atoms with van der Waals surface area (Å²) in [6, 6.07) is 26.1. The van der Waals surface area contributed by atoms with Crippen molar-refractivity contribution in [1.29, 1.82) is 0 Å². The summed E-state index contributed by atoms with van der Waals surface area (Å²) in [6.45, 7) is 4.97. The van der Waals surface area contributed by atoms with Crippen molar-refractivity contribution in [3.63, 3.8) is 0 Å². The fraction of sp³-hybridized carbons (Fsp3) is 0.250. The molecule has 6 nitrogen and oxygen atoms in total. The Morgan fingerprint density at radius 3 is 2.13 bits per heavy atom. The molecule has 0 unspecified atom stereocenters. The Labute approximate surface area is 259 Å². The molecule has 0 fully saturated rings. The standard InChI is InChI=1S/C36H34F3NO5/c1-3-4-8-27-21-31-32(22-33(27)43-20-19-42-28-9-6-5-7-10-28)40-24(2)34(35(31)41)26-13-11-25(12-14-26)23-44-29-15-17-30(18-16-29)45-36(37,38)39/h5-7,9-18,21-22H,3-4,8,19-20,23H2,1-2H3,(H,40,41). The molecule has 1 heterocycles. The van der Waals surface area contributed by atoms with Gasteiger partial charge in [-0.05, 0) is 78.9 Å². The average Bonchev–Trinajstić information content (AvgIpc) is 3.02. The molecule has 0 spiro atoms. The summed E-state index contributed by atoms with van der Waals surface area (Å²) < 4.78 is 58.7. The van der Waals surface area contributed by atoms with Gasteiger partial charge in [-0.15, -0.1) is 13.2 Å². The second kappa shape index (κ2) is 14.2. The normalized spacial score (nSPS) is 11.4. The topological polar surface area (TPSA) is 69.8 Å². The molecule has 0 aliphatic rings. The predicted molar refractivity (Wildman–Crippen MR) is 168 cm³/mol. The number of halogens is 3. The van der Waals surface area contributed by atoms with Crippen molar-refractivity contribution in [2.75, 3.05) is 13.2 Å². The van der Waals surface area contributed by atoms with Crippen molar-refractivity contribution >= 4 is 10.9 Å². The molecule has 5 aromatic rings. The summed E-state index contributed by atoms with van der Waals surface area (Å²) in [6.07, 6.45) is -1.98. The zero-order chi connectivity index (χ0) is 31.8. The van der Waals surface area contributed by atoms with Crippen LogP contribution in [0.2, 0.25) is 0 Å². The summed E-state index contributed by atoms with van der Waals surface area (Å²) in [7, 11) is 0. The number of pyridine rings is 1. The zero-order valence-corrected chi connectivity index (χ0v) is 25.1. The summed E-state index contributed by atoms with van der Waals surface area (Å²) in [5, 5.41) is 0.597. The number of fused-ring (bicyclic) bond motifs is 1. The lowest BCUT2D eigenvalue weighted by Gasteiger charge is -2.15. The molecule has 0 amide bonds. The minimum absolute atomic E-state index is 0.0666. The molecule has 0 atom stereocenters. The summed E-state index contributed by atoms with van der Waals surface area (Å²) >= 11 is 0. The van der Waals surface area contributed by atoms with E-state index in [1.54, 1.807) is 0 Å². The van der Waals surface area contributed by atoms with E-state index in [0.717, 1.165) is 53.1 Å². The first-order valence-corrected chi connectivity index (χ1v) is 14.8. The number of nitrogens with one attached hydrogen (secondary N) is 1. The molecule has 4 aromatic carbocycles. The molecule has 5 rings (SSSR count). The molecule has 1 aromatic heterocycles. The Bertz CT molecular complexity index is 1770. The zero-order valence-electron chi connectivity index (χ0n) is 25.1. The van der Waals surface area contributed by atoms with Crippen LogP contribution in [-0.2, 0) is 13.0 Å². The second-order valence-electron chi connectivity index (χ2n) is 10.6. The van der Waals surface area contributed by atoms with E-state index >= 15 is 0 Å². The molecular formula is C36H34F3NO5. The minimum atomic E-state index is -4.75. The van der Waals surface area contributed by atoms with E-state index in [2.05, 4.69) is 16.6 Å². The lowest BCUT2D eigenvalue weighted by molar-refractivity contribution is -0.274. The number of alkyl halides is 3. The third-order valence-electron chi connectivity index (χ3n) is 7.23. The van der Waals surface area contributed by atoms with Crippen LogP contribution in [0.25, 0.3) is 22.0 Å². The number of aromatic amines is 1. The van der Waals surface area contributed by atoms with Gasteiger partial charge < -0.3 is 23.9 Å². The van der Waals surface area contributed by atoms with Crippen LogP contribution in [0.4, 0.5) is 13.2 Å². The lowest BCUT2D eigenvalue weighted by Crippen LogP contribution is -2.16. The van der Waals surface area contributed by atoms with E-state index < -0.39 is 6.36 Å². The highest BCUT2D eigenvalue weighted by Gasteiger charge is 2.31. The van der Waals surface area contributed by atoms with Crippen LogP contribution in [0, 0.1) is 6.92 Å². The molecule has 45 heavy (non-hydrogen) atoms. The summed E-state index contributed by atoms with van der Waals surface area (Å²) in [5.41, 5.74) is 4.54. The van der Waals surface area contributed by atoms with E-state index in [1.807, 2.05) is 73.7 Å². The number of H-pyrrole nitrogens is 1. The highest BCUT2D eigenvalue weighted by molar-refractivity contribution is 5.86. The summed E-state index contributed by atoms with van der Waals surface area (Å²) in [5.74, 6) is 1.61. The SMILES string of the molecule is CCCCc1cc2c(=O)c(-c3ccc(COc4ccc(OC(F)(F)F)cc4)cc3)c(C)[nH]c2cc1OCCOc1ccccc1. The highest BCUT2D eigenvalue weighted by atomic mass is 19.4. The number of hydrogen-bond donors (Lipinski definition) is 1.